The number of amides is 3. The molecular formula is C33H43N5O5S2. The van der Waals surface area contributed by atoms with Crippen LogP contribution in [0.1, 0.15) is 82.4 Å². The maximum atomic E-state index is 13.7. The van der Waals surface area contributed by atoms with Gasteiger partial charge >= 0.3 is 12.1 Å². The highest BCUT2D eigenvalue weighted by atomic mass is 32.2. The van der Waals surface area contributed by atoms with E-state index in [4.69, 9.17) is 9.72 Å². The van der Waals surface area contributed by atoms with Gasteiger partial charge in [0, 0.05) is 48.0 Å². The Morgan fingerprint density at radius 1 is 1.04 bits per heavy atom. The molecule has 12 heteroatoms. The normalized spacial score (nSPS) is 18.8. The lowest BCUT2D eigenvalue weighted by Gasteiger charge is -2.29. The van der Waals surface area contributed by atoms with Gasteiger partial charge < -0.3 is 20.3 Å². The number of hydrogen-bond acceptors (Lipinski definition) is 7. The van der Waals surface area contributed by atoms with E-state index in [1.807, 2.05) is 32.0 Å². The standard InChI is InChI=1S/C33H43N5O5S2/c1-21(2)43-32(40)36-25-12-10-23(11-13-25)30-34-19-28(44-30)27-15-14-26(18-29(27)45(41,42)37-33(3,4)5)35-31(39)38-17-16-22-8-6-7-9-24(22)20-38/h6-9,14-15,18-19,21,23,25,37H,10-13,16-17,20H2,1-5H3,(H,35,39)(H,36,40)/t23-,25-. The van der Waals surface area contributed by atoms with Crippen molar-refractivity contribution in [3.05, 3.63) is 64.8 Å². The smallest absolute Gasteiger partial charge is 0.407 e. The molecule has 5 rings (SSSR count). The van der Waals surface area contributed by atoms with Crippen molar-refractivity contribution in [3.63, 3.8) is 0 Å². The van der Waals surface area contributed by atoms with Gasteiger partial charge in [-0.25, -0.2) is 27.7 Å². The molecule has 1 fully saturated rings. The molecule has 0 saturated heterocycles. The van der Waals surface area contributed by atoms with Crippen molar-refractivity contribution in [1.82, 2.24) is 19.9 Å². The number of hydrogen-bond donors (Lipinski definition) is 3. The van der Waals surface area contributed by atoms with Crippen molar-refractivity contribution in [2.75, 3.05) is 11.9 Å². The van der Waals surface area contributed by atoms with E-state index in [0.717, 1.165) is 47.6 Å². The van der Waals surface area contributed by atoms with Gasteiger partial charge in [-0.2, -0.15) is 0 Å². The molecule has 1 aliphatic heterocycles. The number of nitrogens with one attached hydrogen (secondary N) is 3. The Balaban J connectivity index is 1.34. The number of sulfonamides is 1. The predicted octanol–water partition coefficient (Wildman–Crippen LogP) is 6.64. The molecule has 0 spiro atoms. The van der Waals surface area contributed by atoms with E-state index < -0.39 is 15.6 Å². The summed E-state index contributed by atoms with van der Waals surface area (Å²) in [5.41, 5.74) is 2.60. The number of fused-ring (bicyclic) bond motifs is 1. The zero-order valence-corrected chi connectivity index (χ0v) is 28.2. The van der Waals surface area contributed by atoms with Crippen LogP contribution in [-0.4, -0.2) is 54.7 Å². The number of urea groups is 1. The van der Waals surface area contributed by atoms with E-state index in [0.29, 0.717) is 24.3 Å². The third-order valence-corrected chi connectivity index (χ3v) is 10.9. The summed E-state index contributed by atoms with van der Waals surface area (Å²) in [7, 11) is -3.95. The molecule has 3 N–H and O–H groups in total. The summed E-state index contributed by atoms with van der Waals surface area (Å²) in [5, 5.41) is 6.83. The fourth-order valence-corrected chi connectivity index (χ4v) is 8.71. The lowest BCUT2D eigenvalue weighted by atomic mass is 9.86. The fourth-order valence-electron chi connectivity index (χ4n) is 5.86. The van der Waals surface area contributed by atoms with E-state index in [1.54, 1.807) is 44.0 Å². The highest BCUT2D eigenvalue weighted by Crippen LogP contribution is 2.40. The molecule has 242 valence electrons. The molecule has 3 amide bonds. The highest BCUT2D eigenvalue weighted by Gasteiger charge is 2.29. The number of benzene rings is 2. The van der Waals surface area contributed by atoms with Gasteiger partial charge in [0.05, 0.1) is 20.9 Å². The van der Waals surface area contributed by atoms with Crippen molar-refractivity contribution in [2.45, 2.75) is 102 Å². The van der Waals surface area contributed by atoms with Gasteiger partial charge in [-0.05, 0) is 90.0 Å². The topological polar surface area (TPSA) is 130 Å². The summed E-state index contributed by atoms with van der Waals surface area (Å²) in [6.07, 6.45) is 5.32. The minimum atomic E-state index is -3.95. The van der Waals surface area contributed by atoms with Gasteiger partial charge in [0.1, 0.15) is 0 Å². The molecule has 2 heterocycles. The lowest BCUT2D eigenvalue weighted by Crippen LogP contribution is -2.40. The maximum absolute atomic E-state index is 13.7. The highest BCUT2D eigenvalue weighted by molar-refractivity contribution is 7.89. The largest absolute Gasteiger partial charge is 0.447 e. The van der Waals surface area contributed by atoms with Crippen LogP contribution in [0.25, 0.3) is 10.4 Å². The number of nitrogens with zero attached hydrogens (tertiary/aromatic N) is 2. The average Bonchev–Trinajstić information content (AvgIpc) is 3.46. The van der Waals surface area contributed by atoms with Gasteiger partial charge in [0.25, 0.3) is 0 Å². The van der Waals surface area contributed by atoms with Crippen LogP contribution in [0.4, 0.5) is 15.3 Å². The first-order valence-corrected chi connectivity index (χ1v) is 17.8. The van der Waals surface area contributed by atoms with E-state index in [2.05, 4.69) is 21.4 Å². The molecule has 1 aliphatic carbocycles. The Hall–Kier alpha value is -3.48. The maximum Gasteiger partial charge on any atom is 0.407 e. The van der Waals surface area contributed by atoms with Crippen LogP contribution in [0.15, 0.2) is 53.6 Å². The van der Waals surface area contributed by atoms with Crippen molar-refractivity contribution >= 4 is 39.2 Å². The van der Waals surface area contributed by atoms with Gasteiger partial charge in [0.2, 0.25) is 10.0 Å². The number of carbonyl (C=O) groups is 2. The quantitative estimate of drug-likeness (QED) is 0.262. The molecule has 10 nitrogen and oxygen atoms in total. The fraction of sp³-hybridized carbons (Fsp3) is 0.485. The molecular weight excluding hydrogens is 611 g/mol. The van der Waals surface area contributed by atoms with Crippen LogP contribution in [-0.2, 0) is 27.7 Å². The zero-order valence-electron chi connectivity index (χ0n) is 26.6. The second-order valence-corrected chi connectivity index (χ2v) is 15.9. The molecule has 45 heavy (non-hydrogen) atoms. The number of rotatable bonds is 7. The molecule has 1 aromatic heterocycles. The SMILES string of the molecule is CC(C)OC(=O)N[C@H]1CC[C@H](c2ncc(-c3ccc(NC(=O)N4CCc5ccccc5C4)cc3S(=O)(=O)NC(C)(C)C)s2)CC1. The van der Waals surface area contributed by atoms with Gasteiger partial charge in [-0.1, -0.05) is 30.3 Å². The number of anilines is 1. The molecule has 1 saturated carbocycles. The van der Waals surface area contributed by atoms with Crippen molar-refractivity contribution in [3.8, 4) is 10.4 Å². The molecule has 0 unspecified atom stereocenters. The van der Waals surface area contributed by atoms with Gasteiger partial charge in [0.15, 0.2) is 0 Å². The van der Waals surface area contributed by atoms with Crippen LogP contribution in [0.2, 0.25) is 0 Å². The molecule has 2 aliphatic rings. The molecule has 3 aromatic rings. The monoisotopic (exact) mass is 653 g/mol. The van der Waals surface area contributed by atoms with Crippen LogP contribution < -0.4 is 15.4 Å². The van der Waals surface area contributed by atoms with Crippen molar-refractivity contribution in [2.24, 2.45) is 0 Å². The summed E-state index contributed by atoms with van der Waals surface area (Å²) < 4.78 is 35.4. The minimum absolute atomic E-state index is 0.0644. The summed E-state index contributed by atoms with van der Waals surface area (Å²) in [5.74, 6) is 0.226. The van der Waals surface area contributed by atoms with Crippen molar-refractivity contribution < 1.29 is 22.7 Å². The number of carbonyl (C=O) groups excluding carboxylic acids is 2. The predicted molar refractivity (Wildman–Crippen MR) is 177 cm³/mol. The summed E-state index contributed by atoms with van der Waals surface area (Å²) in [6, 6.07) is 12.9. The van der Waals surface area contributed by atoms with Crippen molar-refractivity contribution in [1.29, 1.82) is 0 Å². The third kappa shape index (κ3) is 8.42. The first-order chi connectivity index (χ1) is 21.3. The Morgan fingerprint density at radius 3 is 2.44 bits per heavy atom. The van der Waals surface area contributed by atoms with Gasteiger partial charge in [-0.15, -0.1) is 11.3 Å². The first kappa shape index (κ1) is 32.9. The van der Waals surface area contributed by atoms with Crippen LogP contribution >= 0.6 is 11.3 Å². The Bertz CT molecular complexity index is 1640. The van der Waals surface area contributed by atoms with E-state index in [1.165, 1.54) is 23.0 Å². The van der Waals surface area contributed by atoms with E-state index in [9.17, 15) is 18.0 Å². The van der Waals surface area contributed by atoms with Crippen LogP contribution in [0.5, 0.6) is 0 Å². The Morgan fingerprint density at radius 2 is 1.76 bits per heavy atom. The molecule has 0 bridgehead atoms. The second-order valence-electron chi connectivity index (χ2n) is 13.1. The lowest BCUT2D eigenvalue weighted by molar-refractivity contribution is 0.109. The number of thiazole rings is 1. The molecule has 0 atom stereocenters. The average molecular weight is 654 g/mol. The van der Waals surface area contributed by atoms with Crippen LogP contribution in [0.3, 0.4) is 0 Å². The van der Waals surface area contributed by atoms with E-state index >= 15 is 0 Å². The first-order valence-electron chi connectivity index (χ1n) is 15.5. The Labute approximate surface area is 270 Å². The summed E-state index contributed by atoms with van der Waals surface area (Å²) in [6.45, 7) is 10.1. The Kier molecular flexibility index (Phi) is 9.85. The summed E-state index contributed by atoms with van der Waals surface area (Å²) in [4.78, 5) is 32.5. The summed E-state index contributed by atoms with van der Waals surface area (Å²) >= 11 is 1.49. The third-order valence-electron chi connectivity index (χ3n) is 7.91. The van der Waals surface area contributed by atoms with Gasteiger partial charge in [-0.3, -0.25) is 0 Å². The number of aromatic nitrogens is 1. The minimum Gasteiger partial charge on any atom is -0.447 e. The van der Waals surface area contributed by atoms with E-state index in [-0.39, 0.29) is 35.1 Å². The molecule has 0 radical (unpaired) electrons. The number of ether oxygens (including phenoxy) is 1. The second kappa shape index (κ2) is 13.5. The molecule has 2 aromatic carbocycles. The number of alkyl carbamates (subject to hydrolysis) is 1. The zero-order chi connectivity index (χ0) is 32.4. The van der Waals surface area contributed by atoms with Crippen LogP contribution in [0, 0.1) is 0 Å².